The van der Waals surface area contributed by atoms with Crippen molar-refractivity contribution in [1.29, 1.82) is 0 Å². The Labute approximate surface area is 147 Å². The number of hydrogen-bond donors (Lipinski definition) is 2. The van der Waals surface area contributed by atoms with Crippen LogP contribution in [-0.4, -0.2) is 37.5 Å². The molecule has 1 aromatic carbocycles. The first kappa shape index (κ1) is 18.6. The number of rotatable bonds is 7. The molecule has 0 aliphatic carbocycles. The van der Waals surface area contributed by atoms with E-state index in [2.05, 4.69) is 15.6 Å². The zero-order valence-corrected chi connectivity index (χ0v) is 15.0. The summed E-state index contributed by atoms with van der Waals surface area (Å²) in [6.45, 7) is 7.49. The average Bonchev–Trinajstić information content (AvgIpc) is 2.96. The van der Waals surface area contributed by atoms with Gasteiger partial charge >= 0.3 is 5.97 Å². The summed E-state index contributed by atoms with van der Waals surface area (Å²) in [6, 6.07) is 7.74. The molecule has 0 atom stereocenters. The lowest BCUT2D eigenvalue weighted by Crippen LogP contribution is -2.49. The van der Waals surface area contributed by atoms with Gasteiger partial charge in [0.1, 0.15) is 0 Å². The smallest absolute Gasteiger partial charge is 0.305 e. The topological polar surface area (TPSA) is 97.1 Å². The molecule has 7 heteroatoms. The lowest BCUT2D eigenvalue weighted by atomic mass is 9.88. The highest BCUT2D eigenvalue weighted by molar-refractivity contribution is 5.94. The van der Waals surface area contributed by atoms with Crippen molar-refractivity contribution in [2.75, 3.05) is 0 Å². The van der Waals surface area contributed by atoms with E-state index in [0.29, 0.717) is 18.5 Å². The number of nitrogens with zero attached hydrogens (tertiary/aromatic N) is 3. The number of aliphatic carboxylic acids is 1. The summed E-state index contributed by atoms with van der Waals surface area (Å²) in [7, 11) is 0. The third-order valence-corrected chi connectivity index (χ3v) is 4.61. The molecule has 2 rings (SSSR count). The molecule has 0 aliphatic rings. The van der Waals surface area contributed by atoms with Crippen LogP contribution in [0.4, 0.5) is 0 Å². The first-order valence-corrected chi connectivity index (χ1v) is 8.35. The van der Waals surface area contributed by atoms with Crippen LogP contribution < -0.4 is 5.32 Å². The van der Waals surface area contributed by atoms with Gasteiger partial charge in [0.05, 0.1) is 23.3 Å². The van der Waals surface area contributed by atoms with Crippen LogP contribution in [0.25, 0.3) is 5.69 Å². The van der Waals surface area contributed by atoms with Crippen molar-refractivity contribution in [2.24, 2.45) is 0 Å². The van der Waals surface area contributed by atoms with Gasteiger partial charge in [0.25, 0.3) is 5.91 Å². The zero-order valence-electron chi connectivity index (χ0n) is 15.0. The minimum absolute atomic E-state index is 0.128. The van der Waals surface area contributed by atoms with Crippen LogP contribution in [0, 0.1) is 13.8 Å². The zero-order chi connectivity index (χ0) is 18.6. The summed E-state index contributed by atoms with van der Waals surface area (Å²) < 4.78 is 1.60. The fourth-order valence-electron chi connectivity index (χ4n) is 2.78. The van der Waals surface area contributed by atoms with Crippen LogP contribution in [0.3, 0.4) is 0 Å². The molecule has 0 aliphatic heterocycles. The quantitative estimate of drug-likeness (QED) is 0.805. The summed E-state index contributed by atoms with van der Waals surface area (Å²) in [5, 5.41) is 20.1. The van der Waals surface area contributed by atoms with E-state index >= 15 is 0 Å². The maximum absolute atomic E-state index is 12.7. The molecule has 2 aromatic rings. The Kier molecular flexibility index (Phi) is 5.56. The number of aromatic nitrogens is 3. The van der Waals surface area contributed by atoms with Gasteiger partial charge in [-0.15, -0.1) is 5.10 Å². The SMILES string of the molecule is CCC(CC)(CC(=O)O)NC(=O)c1nnn(-c2ccc(C)cc2)c1C. The van der Waals surface area contributed by atoms with Crippen molar-refractivity contribution in [1.82, 2.24) is 20.3 Å². The Hall–Kier alpha value is -2.70. The summed E-state index contributed by atoms with van der Waals surface area (Å²) in [5.74, 6) is -1.34. The van der Waals surface area contributed by atoms with Gasteiger partial charge in [-0.25, -0.2) is 4.68 Å². The second kappa shape index (κ2) is 7.46. The van der Waals surface area contributed by atoms with Gasteiger partial charge < -0.3 is 10.4 Å². The molecule has 134 valence electrons. The Morgan fingerprint density at radius 2 is 1.76 bits per heavy atom. The maximum atomic E-state index is 12.7. The van der Waals surface area contributed by atoms with Gasteiger partial charge in [0.15, 0.2) is 5.69 Å². The number of carbonyl (C=O) groups excluding carboxylic acids is 1. The van der Waals surface area contributed by atoms with E-state index in [4.69, 9.17) is 5.11 Å². The molecular formula is C18H24N4O3. The van der Waals surface area contributed by atoms with Gasteiger partial charge in [-0.2, -0.15) is 0 Å². The lowest BCUT2D eigenvalue weighted by Gasteiger charge is -2.31. The second-order valence-corrected chi connectivity index (χ2v) is 6.28. The second-order valence-electron chi connectivity index (χ2n) is 6.28. The number of nitrogens with one attached hydrogen (secondary N) is 1. The molecule has 1 amide bonds. The average molecular weight is 344 g/mol. The minimum Gasteiger partial charge on any atom is -0.481 e. The fourth-order valence-corrected chi connectivity index (χ4v) is 2.78. The van der Waals surface area contributed by atoms with Gasteiger partial charge in [-0.05, 0) is 38.8 Å². The molecule has 7 nitrogen and oxygen atoms in total. The van der Waals surface area contributed by atoms with Crippen LogP contribution in [0.1, 0.15) is 54.9 Å². The molecule has 0 radical (unpaired) electrons. The van der Waals surface area contributed by atoms with Gasteiger partial charge in [0, 0.05) is 0 Å². The standard InChI is InChI=1S/C18H24N4O3/c1-5-18(6-2,11-15(23)24)19-17(25)16-13(4)22(21-20-16)14-9-7-12(3)8-10-14/h7-10H,5-6,11H2,1-4H3,(H,19,25)(H,23,24). The normalized spacial score (nSPS) is 11.4. The van der Waals surface area contributed by atoms with Crippen LogP contribution in [-0.2, 0) is 4.79 Å². The predicted molar refractivity (Wildman–Crippen MR) is 93.9 cm³/mol. The Bertz CT molecular complexity index is 761. The van der Waals surface area contributed by atoms with E-state index < -0.39 is 17.4 Å². The lowest BCUT2D eigenvalue weighted by molar-refractivity contribution is -0.138. The van der Waals surface area contributed by atoms with Crippen molar-refractivity contribution in [3.8, 4) is 5.69 Å². The molecule has 1 aromatic heterocycles. The molecule has 25 heavy (non-hydrogen) atoms. The Morgan fingerprint density at radius 1 is 1.16 bits per heavy atom. The van der Waals surface area contributed by atoms with E-state index in [0.717, 1.165) is 11.3 Å². The molecule has 1 heterocycles. The van der Waals surface area contributed by atoms with Crippen LogP contribution in [0.5, 0.6) is 0 Å². The molecule has 2 N–H and O–H groups in total. The number of carboxylic acids is 1. The van der Waals surface area contributed by atoms with Crippen LogP contribution in [0.15, 0.2) is 24.3 Å². The van der Waals surface area contributed by atoms with Crippen molar-refractivity contribution in [2.45, 2.75) is 52.5 Å². The van der Waals surface area contributed by atoms with Gasteiger partial charge in [-0.3, -0.25) is 9.59 Å². The van der Waals surface area contributed by atoms with E-state index in [1.165, 1.54) is 0 Å². The summed E-state index contributed by atoms with van der Waals surface area (Å²) in [6.07, 6.45) is 0.913. The van der Waals surface area contributed by atoms with Crippen molar-refractivity contribution >= 4 is 11.9 Å². The van der Waals surface area contributed by atoms with Crippen molar-refractivity contribution < 1.29 is 14.7 Å². The highest BCUT2D eigenvalue weighted by atomic mass is 16.4. The van der Waals surface area contributed by atoms with Gasteiger partial charge in [-0.1, -0.05) is 36.8 Å². The number of carbonyl (C=O) groups is 2. The van der Waals surface area contributed by atoms with Crippen LogP contribution >= 0.6 is 0 Å². The predicted octanol–water partition coefficient (Wildman–Crippen LogP) is 2.65. The van der Waals surface area contributed by atoms with E-state index in [1.54, 1.807) is 11.6 Å². The maximum Gasteiger partial charge on any atom is 0.305 e. The number of aryl methyl sites for hydroxylation is 1. The number of carboxylic acid groups (broad SMARTS) is 1. The number of amides is 1. The highest BCUT2D eigenvalue weighted by Crippen LogP contribution is 2.21. The highest BCUT2D eigenvalue weighted by Gasteiger charge is 2.32. The third-order valence-electron chi connectivity index (χ3n) is 4.61. The molecular weight excluding hydrogens is 320 g/mol. The van der Waals surface area contributed by atoms with E-state index in [-0.39, 0.29) is 12.1 Å². The van der Waals surface area contributed by atoms with Crippen molar-refractivity contribution in [3.05, 3.63) is 41.2 Å². The largest absolute Gasteiger partial charge is 0.481 e. The van der Waals surface area contributed by atoms with E-state index in [9.17, 15) is 9.59 Å². The number of hydrogen-bond acceptors (Lipinski definition) is 4. The third kappa shape index (κ3) is 4.04. The molecule has 0 fully saturated rings. The summed E-state index contributed by atoms with van der Waals surface area (Å²) in [5.41, 5.74) is 1.97. The summed E-state index contributed by atoms with van der Waals surface area (Å²) in [4.78, 5) is 23.8. The van der Waals surface area contributed by atoms with Crippen molar-refractivity contribution in [3.63, 3.8) is 0 Å². The first-order chi connectivity index (χ1) is 11.8. The van der Waals surface area contributed by atoms with Crippen LogP contribution in [0.2, 0.25) is 0 Å². The molecule has 0 spiro atoms. The Balaban J connectivity index is 2.28. The number of benzene rings is 1. The van der Waals surface area contributed by atoms with Gasteiger partial charge in [0.2, 0.25) is 0 Å². The molecule has 0 bridgehead atoms. The molecule has 0 saturated heterocycles. The Morgan fingerprint density at radius 3 is 2.28 bits per heavy atom. The first-order valence-electron chi connectivity index (χ1n) is 8.35. The minimum atomic E-state index is -0.941. The molecule has 0 unspecified atom stereocenters. The fraction of sp³-hybridized carbons (Fsp3) is 0.444. The molecule has 0 saturated carbocycles. The monoisotopic (exact) mass is 344 g/mol. The summed E-state index contributed by atoms with van der Waals surface area (Å²) >= 11 is 0. The van der Waals surface area contributed by atoms with E-state index in [1.807, 2.05) is 45.0 Å².